The Morgan fingerprint density at radius 3 is 2.43 bits per heavy atom. The van der Waals surface area contributed by atoms with Crippen molar-refractivity contribution in [2.24, 2.45) is 17.8 Å². The minimum absolute atomic E-state index is 0.0799. The Bertz CT molecular complexity index is 641. The molecule has 1 N–H and O–H groups in total. The monoisotopic (exact) mass is 310 g/mol. The first-order valence-electron chi connectivity index (χ1n) is 7.20. The second-order valence-electron chi connectivity index (χ2n) is 6.04. The summed E-state index contributed by atoms with van der Waals surface area (Å²) in [7, 11) is -3.58. The molecule has 2 saturated carbocycles. The minimum Gasteiger partial charge on any atom is -0.258 e. The number of sulfonamides is 1. The van der Waals surface area contributed by atoms with Crippen LogP contribution in [0, 0.1) is 27.9 Å². The Kier molecular flexibility index (Phi) is 3.71. The molecule has 2 bridgehead atoms. The van der Waals surface area contributed by atoms with Crippen molar-refractivity contribution in [3.63, 3.8) is 0 Å². The Labute approximate surface area is 123 Å². The van der Waals surface area contributed by atoms with Gasteiger partial charge in [-0.15, -0.1) is 0 Å². The molecule has 0 spiro atoms. The van der Waals surface area contributed by atoms with Gasteiger partial charge in [-0.05, 0) is 49.1 Å². The highest BCUT2D eigenvalue weighted by atomic mass is 32.2. The van der Waals surface area contributed by atoms with Gasteiger partial charge in [0.05, 0.1) is 9.82 Å². The first-order chi connectivity index (χ1) is 9.95. The molecule has 2 aliphatic rings. The Hall–Kier alpha value is -1.47. The molecule has 21 heavy (non-hydrogen) atoms. The molecule has 114 valence electrons. The van der Waals surface area contributed by atoms with Crippen molar-refractivity contribution in [3.8, 4) is 0 Å². The SMILES string of the molecule is O=[N+]([O-])c1ccc(S(=O)(=O)NC[C@@H]2C[C@@H]3CC[C@H]2C3)cc1. The summed E-state index contributed by atoms with van der Waals surface area (Å²) in [6, 6.07) is 4.99. The van der Waals surface area contributed by atoms with Crippen molar-refractivity contribution in [2.75, 3.05) is 6.54 Å². The molecule has 0 amide bonds. The van der Waals surface area contributed by atoms with E-state index in [1.807, 2.05) is 0 Å². The van der Waals surface area contributed by atoms with E-state index in [2.05, 4.69) is 4.72 Å². The van der Waals surface area contributed by atoms with Crippen molar-refractivity contribution >= 4 is 15.7 Å². The number of hydrogen-bond acceptors (Lipinski definition) is 4. The largest absolute Gasteiger partial charge is 0.269 e. The smallest absolute Gasteiger partial charge is 0.258 e. The van der Waals surface area contributed by atoms with E-state index < -0.39 is 14.9 Å². The molecule has 1 aromatic carbocycles. The predicted molar refractivity (Wildman–Crippen MR) is 77.2 cm³/mol. The van der Waals surface area contributed by atoms with Crippen molar-refractivity contribution in [1.29, 1.82) is 0 Å². The van der Waals surface area contributed by atoms with Gasteiger partial charge in [-0.2, -0.15) is 0 Å². The van der Waals surface area contributed by atoms with Crippen LogP contribution in [0.1, 0.15) is 25.7 Å². The van der Waals surface area contributed by atoms with E-state index >= 15 is 0 Å². The summed E-state index contributed by atoms with van der Waals surface area (Å²) in [5.74, 6) is 1.88. The zero-order valence-corrected chi connectivity index (χ0v) is 12.4. The summed E-state index contributed by atoms with van der Waals surface area (Å²) >= 11 is 0. The van der Waals surface area contributed by atoms with E-state index in [1.54, 1.807) is 0 Å². The molecule has 0 heterocycles. The minimum atomic E-state index is -3.58. The molecule has 7 heteroatoms. The van der Waals surface area contributed by atoms with Gasteiger partial charge in [0, 0.05) is 18.7 Å². The van der Waals surface area contributed by atoms with Gasteiger partial charge in [0.15, 0.2) is 0 Å². The summed E-state index contributed by atoms with van der Waals surface area (Å²) in [5.41, 5.74) is -0.109. The lowest BCUT2D eigenvalue weighted by molar-refractivity contribution is -0.384. The predicted octanol–water partition coefficient (Wildman–Crippen LogP) is 2.31. The maximum Gasteiger partial charge on any atom is 0.269 e. The van der Waals surface area contributed by atoms with E-state index in [0.717, 1.165) is 12.3 Å². The van der Waals surface area contributed by atoms with E-state index in [9.17, 15) is 18.5 Å². The first-order valence-corrected chi connectivity index (χ1v) is 8.68. The number of nitro groups is 1. The second-order valence-corrected chi connectivity index (χ2v) is 7.80. The Morgan fingerprint density at radius 1 is 1.19 bits per heavy atom. The molecule has 0 saturated heterocycles. The quantitative estimate of drug-likeness (QED) is 0.667. The average Bonchev–Trinajstić information content (AvgIpc) is 3.08. The van der Waals surface area contributed by atoms with Gasteiger partial charge >= 0.3 is 0 Å². The molecule has 2 fully saturated rings. The van der Waals surface area contributed by atoms with Gasteiger partial charge in [-0.1, -0.05) is 6.42 Å². The highest BCUT2D eigenvalue weighted by Crippen LogP contribution is 2.48. The molecule has 6 nitrogen and oxygen atoms in total. The van der Waals surface area contributed by atoms with Gasteiger partial charge in [0.1, 0.15) is 0 Å². The maximum absolute atomic E-state index is 12.2. The lowest BCUT2D eigenvalue weighted by Crippen LogP contribution is -2.31. The molecular formula is C14H18N2O4S. The summed E-state index contributed by atoms with van der Waals surface area (Å²) in [5, 5.41) is 10.6. The fraction of sp³-hybridized carbons (Fsp3) is 0.571. The number of nitro benzene ring substituents is 1. The zero-order valence-electron chi connectivity index (χ0n) is 11.6. The lowest BCUT2D eigenvalue weighted by atomic mass is 9.89. The van der Waals surface area contributed by atoms with Crippen LogP contribution >= 0.6 is 0 Å². The number of rotatable bonds is 5. The molecule has 3 rings (SSSR count). The third-order valence-corrected chi connectivity index (χ3v) is 6.22. The number of hydrogen-bond donors (Lipinski definition) is 1. The van der Waals surface area contributed by atoms with Crippen molar-refractivity contribution in [2.45, 2.75) is 30.6 Å². The van der Waals surface area contributed by atoms with Crippen molar-refractivity contribution < 1.29 is 13.3 Å². The molecule has 0 aromatic heterocycles. The third kappa shape index (κ3) is 2.94. The van der Waals surface area contributed by atoms with Crippen LogP contribution < -0.4 is 4.72 Å². The molecule has 1 aromatic rings. The number of fused-ring (bicyclic) bond motifs is 2. The standard InChI is InChI=1S/C14H18N2O4S/c17-16(18)13-3-5-14(6-4-13)21(19,20)15-9-12-8-10-1-2-11(12)7-10/h3-6,10-12,15H,1-2,7-9H2/t10-,11+,12+/m1/s1. The number of non-ortho nitro benzene ring substituents is 1. The van der Waals surface area contributed by atoms with Crippen LogP contribution in [0.15, 0.2) is 29.2 Å². The van der Waals surface area contributed by atoms with E-state index in [4.69, 9.17) is 0 Å². The van der Waals surface area contributed by atoms with Gasteiger partial charge in [-0.25, -0.2) is 13.1 Å². The number of nitrogens with one attached hydrogen (secondary N) is 1. The van der Waals surface area contributed by atoms with Crippen LogP contribution in [0.5, 0.6) is 0 Å². The number of nitrogens with zero attached hydrogens (tertiary/aromatic N) is 1. The van der Waals surface area contributed by atoms with E-state index in [1.165, 1.54) is 43.5 Å². The maximum atomic E-state index is 12.2. The topological polar surface area (TPSA) is 89.3 Å². The molecule has 0 unspecified atom stereocenters. The highest BCUT2D eigenvalue weighted by molar-refractivity contribution is 7.89. The molecule has 3 atom stereocenters. The van der Waals surface area contributed by atoms with E-state index in [0.29, 0.717) is 18.4 Å². The van der Waals surface area contributed by atoms with Crippen LogP contribution in [-0.4, -0.2) is 19.9 Å². The summed E-state index contributed by atoms with van der Waals surface area (Å²) in [6.45, 7) is 0.473. The van der Waals surface area contributed by atoms with Crippen LogP contribution in [0.25, 0.3) is 0 Å². The van der Waals surface area contributed by atoms with Gasteiger partial charge < -0.3 is 0 Å². The van der Waals surface area contributed by atoms with Gasteiger partial charge in [-0.3, -0.25) is 10.1 Å². The molecule has 2 aliphatic carbocycles. The fourth-order valence-corrected chi connectivity index (χ4v) is 4.77. The first kappa shape index (κ1) is 14.5. The van der Waals surface area contributed by atoms with Crippen LogP contribution in [0.3, 0.4) is 0 Å². The normalized spacial score (nSPS) is 27.9. The molecule has 0 aliphatic heterocycles. The Balaban J connectivity index is 1.65. The van der Waals surface area contributed by atoms with Crippen LogP contribution in [-0.2, 0) is 10.0 Å². The third-order valence-electron chi connectivity index (χ3n) is 4.78. The molecule has 0 radical (unpaired) electrons. The average molecular weight is 310 g/mol. The van der Waals surface area contributed by atoms with Crippen molar-refractivity contribution in [3.05, 3.63) is 34.4 Å². The second kappa shape index (κ2) is 5.38. The van der Waals surface area contributed by atoms with Gasteiger partial charge in [0.25, 0.3) is 5.69 Å². The van der Waals surface area contributed by atoms with E-state index in [-0.39, 0.29) is 10.6 Å². The van der Waals surface area contributed by atoms with Gasteiger partial charge in [0.2, 0.25) is 10.0 Å². The lowest BCUT2D eigenvalue weighted by Gasteiger charge is -2.21. The summed E-state index contributed by atoms with van der Waals surface area (Å²) in [4.78, 5) is 10.1. The van der Waals surface area contributed by atoms with Crippen LogP contribution in [0.2, 0.25) is 0 Å². The number of benzene rings is 1. The molecular weight excluding hydrogens is 292 g/mol. The Morgan fingerprint density at radius 2 is 1.90 bits per heavy atom. The summed E-state index contributed by atoms with van der Waals surface area (Å²) < 4.78 is 27.0. The summed E-state index contributed by atoms with van der Waals surface area (Å²) in [6.07, 6.45) is 4.86. The van der Waals surface area contributed by atoms with Crippen molar-refractivity contribution in [1.82, 2.24) is 4.72 Å². The fourth-order valence-electron chi connectivity index (χ4n) is 3.67. The zero-order chi connectivity index (χ0) is 15.0. The highest BCUT2D eigenvalue weighted by Gasteiger charge is 2.39. The van der Waals surface area contributed by atoms with Crippen LogP contribution in [0.4, 0.5) is 5.69 Å².